The van der Waals surface area contributed by atoms with E-state index in [1.807, 2.05) is 19.1 Å². The van der Waals surface area contributed by atoms with Crippen molar-refractivity contribution in [2.24, 2.45) is 63.6 Å². The Morgan fingerprint density at radius 1 is 0.808 bits per heavy atom. The molecule has 0 aromatic heterocycles. The number of carbonyl (C=O) groups excluding carboxylic acids is 4. The summed E-state index contributed by atoms with van der Waals surface area (Å²) in [5, 5.41) is 0. The molecule has 0 spiro atoms. The van der Waals surface area contributed by atoms with Crippen LogP contribution in [-0.4, -0.2) is 35.2 Å². The van der Waals surface area contributed by atoms with Gasteiger partial charge in [-0.15, -0.1) is 0 Å². The number of carbonyl (C=O) groups is 4. The fraction of sp³-hybridized carbons (Fsp3) is 0.783. The van der Waals surface area contributed by atoms with Crippen LogP contribution in [0, 0.1) is 63.6 Å². The third-order valence-corrected chi connectivity index (χ3v) is 17.8. The molecule has 6 fully saturated rings. The Labute approximate surface area is 312 Å². The molecule has 8 aliphatic rings. The third-order valence-electron chi connectivity index (χ3n) is 17.8. The second kappa shape index (κ2) is 13.1. The second-order valence-electron chi connectivity index (χ2n) is 19.6. The number of fused-ring (bicyclic) bond motifs is 10. The summed E-state index contributed by atoms with van der Waals surface area (Å²) in [6.07, 6.45) is 19.5. The normalized spacial score (nSPS) is 46.3. The molecular weight excluding hydrogens is 649 g/mol. The summed E-state index contributed by atoms with van der Waals surface area (Å²) in [7, 11) is 0. The monoisotopic (exact) mass is 712 g/mol. The fourth-order valence-corrected chi connectivity index (χ4v) is 15.3. The highest BCUT2D eigenvalue weighted by atomic mass is 16.6. The van der Waals surface area contributed by atoms with Crippen molar-refractivity contribution < 1.29 is 28.7 Å². The molecule has 6 saturated carbocycles. The van der Waals surface area contributed by atoms with Gasteiger partial charge in [-0.25, -0.2) is 0 Å². The zero-order valence-corrected chi connectivity index (χ0v) is 32.7. The van der Waals surface area contributed by atoms with Gasteiger partial charge in [0.2, 0.25) is 0 Å². The molecule has 7 unspecified atom stereocenters. The summed E-state index contributed by atoms with van der Waals surface area (Å²) in [5.74, 6) is 4.45. The number of rotatable bonds is 7. The Hall–Kier alpha value is -2.50. The molecular formula is C46H64O6. The molecule has 0 aromatic rings. The van der Waals surface area contributed by atoms with E-state index >= 15 is 0 Å². The van der Waals surface area contributed by atoms with Crippen LogP contribution < -0.4 is 0 Å². The molecule has 8 aliphatic carbocycles. The van der Waals surface area contributed by atoms with E-state index in [-0.39, 0.29) is 47.1 Å². The minimum Gasteiger partial charge on any atom is -0.462 e. The highest BCUT2D eigenvalue weighted by Gasteiger charge is 2.67. The van der Waals surface area contributed by atoms with Crippen LogP contribution in [0.4, 0.5) is 0 Å². The van der Waals surface area contributed by atoms with Crippen molar-refractivity contribution in [3.8, 4) is 0 Å². The summed E-state index contributed by atoms with van der Waals surface area (Å²) < 4.78 is 13.0. The van der Waals surface area contributed by atoms with Crippen LogP contribution in [0.2, 0.25) is 0 Å². The first kappa shape index (κ1) is 36.5. The van der Waals surface area contributed by atoms with Gasteiger partial charge in [0.1, 0.15) is 11.7 Å². The number of hydrogen-bond donors (Lipinski definition) is 0. The molecule has 52 heavy (non-hydrogen) atoms. The maximum atomic E-state index is 13.8. The first-order valence-corrected chi connectivity index (χ1v) is 21.3. The molecule has 0 aromatic carbocycles. The maximum Gasteiger partial charge on any atom is 0.307 e. The van der Waals surface area contributed by atoms with Gasteiger partial charge in [-0.1, -0.05) is 45.4 Å². The molecule has 0 bridgehead atoms. The van der Waals surface area contributed by atoms with Crippen molar-refractivity contribution in [1.82, 2.24) is 0 Å². The van der Waals surface area contributed by atoms with Crippen LogP contribution in [0.25, 0.3) is 0 Å². The van der Waals surface area contributed by atoms with Gasteiger partial charge in [-0.05, 0) is 167 Å². The topological polar surface area (TPSA) is 86.7 Å². The SMILES string of the molecule is C=C(C)[C@]1(OC(=O)CCC(=O)O[C@H]2CCC3C4C(CC[C@@]32C)[C@@]2(C)CCC(=O)C=C2C[C@H]4C)CCC2C3CCC4=CC(=O)CCC4C3CC[C@@]21CC. The number of allylic oxidation sites excluding steroid dienone is 2. The number of esters is 2. The van der Waals surface area contributed by atoms with Crippen molar-refractivity contribution in [2.75, 3.05) is 0 Å². The molecule has 284 valence electrons. The standard InChI is InChI=1S/C46H64O6/c1-7-45-22-17-34-33-11-9-31(47)25-29(33)8-10-35(34)36(45)19-23-46(45,27(2)3)52-41(50)15-14-40(49)51-39-13-12-37-42-28(4)24-30-26-32(48)16-20-43(30,5)38(42)18-21-44(37,39)6/h25-26,28,33-39,42H,2,7-24H2,1,3-6H3/t28-,33?,34?,35?,36?,37?,38?,39+,42?,43+,44+,45+,46-/m1/s1. The van der Waals surface area contributed by atoms with Crippen LogP contribution in [0.1, 0.15) is 150 Å². The van der Waals surface area contributed by atoms with E-state index in [1.54, 1.807) is 0 Å². The van der Waals surface area contributed by atoms with Gasteiger partial charge in [0, 0.05) is 23.7 Å². The van der Waals surface area contributed by atoms with Crippen molar-refractivity contribution in [1.29, 1.82) is 0 Å². The van der Waals surface area contributed by atoms with Gasteiger partial charge >= 0.3 is 11.9 Å². The maximum absolute atomic E-state index is 13.8. The van der Waals surface area contributed by atoms with Crippen molar-refractivity contribution in [3.05, 3.63) is 35.5 Å². The molecule has 6 nitrogen and oxygen atoms in total. The van der Waals surface area contributed by atoms with E-state index in [0.717, 1.165) is 95.5 Å². The summed E-state index contributed by atoms with van der Waals surface area (Å²) >= 11 is 0. The van der Waals surface area contributed by atoms with Gasteiger partial charge in [-0.3, -0.25) is 19.2 Å². The molecule has 0 N–H and O–H groups in total. The Morgan fingerprint density at radius 3 is 2.33 bits per heavy atom. The van der Waals surface area contributed by atoms with Crippen molar-refractivity contribution in [3.63, 3.8) is 0 Å². The van der Waals surface area contributed by atoms with Gasteiger partial charge in [0.05, 0.1) is 12.8 Å². The average molecular weight is 713 g/mol. The Bertz CT molecular complexity index is 1600. The van der Waals surface area contributed by atoms with E-state index in [0.29, 0.717) is 71.8 Å². The summed E-state index contributed by atoms with van der Waals surface area (Å²) in [6, 6.07) is 0. The molecule has 13 atom stereocenters. The van der Waals surface area contributed by atoms with Gasteiger partial charge < -0.3 is 9.47 Å². The second-order valence-corrected chi connectivity index (χ2v) is 19.6. The Kier molecular flexibility index (Phi) is 9.17. The zero-order valence-electron chi connectivity index (χ0n) is 32.7. The van der Waals surface area contributed by atoms with E-state index < -0.39 is 5.60 Å². The van der Waals surface area contributed by atoms with Crippen LogP contribution >= 0.6 is 0 Å². The van der Waals surface area contributed by atoms with Crippen LogP contribution in [0.15, 0.2) is 35.5 Å². The lowest BCUT2D eigenvalue weighted by Crippen LogP contribution is -2.56. The van der Waals surface area contributed by atoms with Crippen LogP contribution in [0.3, 0.4) is 0 Å². The highest BCUT2D eigenvalue weighted by molar-refractivity contribution is 5.92. The summed E-state index contributed by atoms with van der Waals surface area (Å²) in [6.45, 7) is 16.0. The average Bonchev–Trinajstić information content (AvgIpc) is 3.63. The predicted octanol–water partition coefficient (Wildman–Crippen LogP) is 9.85. The molecule has 0 aliphatic heterocycles. The van der Waals surface area contributed by atoms with E-state index in [4.69, 9.17) is 9.47 Å². The Morgan fingerprint density at radius 2 is 1.56 bits per heavy atom. The van der Waals surface area contributed by atoms with Gasteiger partial charge in [-0.2, -0.15) is 0 Å². The molecule has 8 rings (SSSR count). The first-order valence-electron chi connectivity index (χ1n) is 21.3. The lowest BCUT2D eigenvalue weighted by Gasteiger charge is -2.59. The van der Waals surface area contributed by atoms with E-state index in [1.165, 1.54) is 11.1 Å². The number of ketones is 2. The lowest BCUT2D eigenvalue weighted by molar-refractivity contribution is -0.180. The summed E-state index contributed by atoms with van der Waals surface area (Å²) in [4.78, 5) is 51.9. The predicted molar refractivity (Wildman–Crippen MR) is 201 cm³/mol. The number of ether oxygens (including phenoxy) is 2. The van der Waals surface area contributed by atoms with Crippen LogP contribution in [-0.2, 0) is 28.7 Å². The largest absolute Gasteiger partial charge is 0.462 e. The fourth-order valence-electron chi connectivity index (χ4n) is 15.3. The molecule has 0 amide bonds. The smallest absolute Gasteiger partial charge is 0.307 e. The van der Waals surface area contributed by atoms with Gasteiger partial charge in [0.15, 0.2) is 11.6 Å². The zero-order chi connectivity index (χ0) is 36.8. The quantitative estimate of drug-likeness (QED) is 0.193. The van der Waals surface area contributed by atoms with E-state index in [9.17, 15) is 19.2 Å². The number of hydrogen-bond acceptors (Lipinski definition) is 6. The summed E-state index contributed by atoms with van der Waals surface area (Å²) in [5.41, 5.74) is 2.96. The van der Waals surface area contributed by atoms with Crippen molar-refractivity contribution in [2.45, 2.75) is 162 Å². The minimum absolute atomic E-state index is 0.0371. The first-order chi connectivity index (χ1) is 24.8. The molecule has 6 heteroatoms. The minimum atomic E-state index is -0.699. The Balaban J connectivity index is 0.910. The van der Waals surface area contributed by atoms with Crippen LogP contribution in [0.5, 0.6) is 0 Å². The molecule has 0 heterocycles. The van der Waals surface area contributed by atoms with Crippen molar-refractivity contribution >= 4 is 23.5 Å². The van der Waals surface area contributed by atoms with E-state index in [2.05, 4.69) is 34.3 Å². The molecule has 0 radical (unpaired) electrons. The highest BCUT2D eigenvalue weighted by Crippen LogP contribution is 2.69. The molecule has 0 saturated heterocycles. The van der Waals surface area contributed by atoms with Gasteiger partial charge in [0.25, 0.3) is 0 Å². The lowest BCUT2D eigenvalue weighted by atomic mass is 9.45. The third kappa shape index (κ3) is 5.35.